The molecule has 2 aromatic rings. The number of nitrogens with zero attached hydrogens (tertiary/aromatic N) is 1. The van der Waals surface area contributed by atoms with Gasteiger partial charge < -0.3 is 10.3 Å². The zero-order valence-electron chi connectivity index (χ0n) is 11.5. The molecule has 0 aliphatic heterocycles. The molecule has 0 unspecified atom stereocenters. The van der Waals surface area contributed by atoms with Crippen molar-refractivity contribution in [2.45, 2.75) is 25.3 Å². The normalized spacial score (nSPS) is 11.5. The SMILES string of the molecule is CCNS(=O)(=O)c1ccccc1NCc1cnc(C)[nH]1. The Bertz CT molecular complexity index is 679. The number of aromatic nitrogens is 2. The van der Waals surface area contributed by atoms with Gasteiger partial charge in [-0.05, 0) is 19.1 Å². The number of hydrogen-bond donors (Lipinski definition) is 3. The molecule has 3 N–H and O–H groups in total. The quantitative estimate of drug-likeness (QED) is 0.755. The van der Waals surface area contributed by atoms with E-state index in [1.54, 1.807) is 37.4 Å². The molecule has 0 radical (unpaired) electrons. The Morgan fingerprint density at radius 2 is 2.05 bits per heavy atom. The summed E-state index contributed by atoms with van der Waals surface area (Å²) < 4.78 is 26.7. The number of aromatic amines is 1. The average molecular weight is 294 g/mol. The second kappa shape index (κ2) is 6.06. The summed E-state index contributed by atoms with van der Waals surface area (Å²) in [7, 11) is -3.48. The predicted molar refractivity (Wildman–Crippen MR) is 78.0 cm³/mol. The average Bonchev–Trinajstić information content (AvgIpc) is 2.82. The molecule has 2 rings (SSSR count). The highest BCUT2D eigenvalue weighted by Crippen LogP contribution is 2.21. The van der Waals surface area contributed by atoms with Crippen LogP contribution in [0.5, 0.6) is 0 Å². The minimum atomic E-state index is -3.48. The van der Waals surface area contributed by atoms with E-state index in [9.17, 15) is 8.42 Å². The van der Waals surface area contributed by atoms with E-state index in [-0.39, 0.29) is 4.90 Å². The van der Waals surface area contributed by atoms with Crippen LogP contribution >= 0.6 is 0 Å². The zero-order chi connectivity index (χ0) is 14.6. The summed E-state index contributed by atoms with van der Waals surface area (Å²) in [5.74, 6) is 0.829. The van der Waals surface area contributed by atoms with E-state index in [2.05, 4.69) is 20.0 Å². The number of rotatable bonds is 6. The van der Waals surface area contributed by atoms with Gasteiger partial charge in [-0.3, -0.25) is 0 Å². The van der Waals surface area contributed by atoms with E-state index in [0.717, 1.165) is 11.5 Å². The maximum Gasteiger partial charge on any atom is 0.242 e. The summed E-state index contributed by atoms with van der Waals surface area (Å²) >= 11 is 0. The summed E-state index contributed by atoms with van der Waals surface area (Å²) in [4.78, 5) is 7.44. The van der Waals surface area contributed by atoms with Crippen molar-refractivity contribution in [1.29, 1.82) is 0 Å². The van der Waals surface area contributed by atoms with Gasteiger partial charge in [0.25, 0.3) is 0 Å². The predicted octanol–water partition coefficient (Wildman–Crippen LogP) is 1.63. The molecule has 7 heteroatoms. The van der Waals surface area contributed by atoms with E-state index in [0.29, 0.717) is 18.8 Å². The molecule has 0 aliphatic rings. The maximum atomic E-state index is 12.1. The van der Waals surface area contributed by atoms with Crippen LogP contribution in [0.3, 0.4) is 0 Å². The smallest absolute Gasteiger partial charge is 0.242 e. The van der Waals surface area contributed by atoms with Crippen molar-refractivity contribution in [3.05, 3.63) is 42.0 Å². The molecule has 1 aromatic heterocycles. The molecular formula is C13H18N4O2S. The number of anilines is 1. The number of imidazole rings is 1. The zero-order valence-corrected chi connectivity index (χ0v) is 12.3. The van der Waals surface area contributed by atoms with Gasteiger partial charge in [0, 0.05) is 6.54 Å². The van der Waals surface area contributed by atoms with Gasteiger partial charge in [0.15, 0.2) is 0 Å². The van der Waals surface area contributed by atoms with E-state index in [4.69, 9.17) is 0 Å². The summed E-state index contributed by atoms with van der Waals surface area (Å²) in [5.41, 5.74) is 1.47. The molecule has 0 saturated heterocycles. The van der Waals surface area contributed by atoms with E-state index >= 15 is 0 Å². The lowest BCUT2D eigenvalue weighted by atomic mass is 10.3. The summed E-state index contributed by atoms with van der Waals surface area (Å²) in [6.45, 7) is 4.46. The maximum absolute atomic E-state index is 12.1. The monoisotopic (exact) mass is 294 g/mol. The van der Waals surface area contributed by atoms with Crippen LogP contribution in [-0.4, -0.2) is 24.9 Å². The largest absolute Gasteiger partial charge is 0.378 e. The van der Waals surface area contributed by atoms with Crippen molar-refractivity contribution in [2.24, 2.45) is 0 Å². The fourth-order valence-electron chi connectivity index (χ4n) is 1.87. The topological polar surface area (TPSA) is 86.9 Å². The molecule has 6 nitrogen and oxygen atoms in total. The van der Waals surface area contributed by atoms with Crippen LogP contribution in [0.25, 0.3) is 0 Å². The van der Waals surface area contributed by atoms with E-state index < -0.39 is 10.0 Å². The van der Waals surface area contributed by atoms with Crippen LogP contribution in [0, 0.1) is 6.92 Å². The van der Waals surface area contributed by atoms with Crippen LogP contribution in [0.4, 0.5) is 5.69 Å². The number of sulfonamides is 1. The van der Waals surface area contributed by atoms with Crippen molar-refractivity contribution < 1.29 is 8.42 Å². The Kier molecular flexibility index (Phi) is 4.41. The number of benzene rings is 1. The third-order valence-corrected chi connectivity index (χ3v) is 4.34. The summed E-state index contributed by atoms with van der Waals surface area (Å²) in [6, 6.07) is 6.83. The minimum Gasteiger partial charge on any atom is -0.378 e. The van der Waals surface area contributed by atoms with Crippen molar-refractivity contribution >= 4 is 15.7 Å². The number of hydrogen-bond acceptors (Lipinski definition) is 4. The molecule has 0 aliphatic carbocycles. The first-order valence-electron chi connectivity index (χ1n) is 6.36. The van der Waals surface area contributed by atoms with Crippen LogP contribution in [0.1, 0.15) is 18.4 Å². The van der Waals surface area contributed by atoms with Gasteiger partial charge in [0.2, 0.25) is 10.0 Å². The molecule has 108 valence electrons. The standard InChI is InChI=1S/C13H18N4O2S/c1-3-16-20(18,19)13-7-5-4-6-12(13)15-9-11-8-14-10(2)17-11/h4-8,15-16H,3,9H2,1-2H3,(H,14,17). The Morgan fingerprint density at radius 3 is 2.70 bits per heavy atom. The number of para-hydroxylation sites is 1. The van der Waals surface area contributed by atoms with E-state index in [1.807, 2.05) is 6.92 Å². The van der Waals surface area contributed by atoms with Gasteiger partial charge >= 0.3 is 0 Å². The Morgan fingerprint density at radius 1 is 1.30 bits per heavy atom. The molecule has 20 heavy (non-hydrogen) atoms. The number of nitrogens with one attached hydrogen (secondary N) is 3. The first-order chi connectivity index (χ1) is 9.53. The summed E-state index contributed by atoms with van der Waals surface area (Å²) in [5, 5.41) is 3.12. The van der Waals surface area contributed by atoms with Gasteiger partial charge in [-0.25, -0.2) is 18.1 Å². The van der Waals surface area contributed by atoms with Gasteiger partial charge in [-0.15, -0.1) is 0 Å². The van der Waals surface area contributed by atoms with Crippen LogP contribution < -0.4 is 10.0 Å². The second-order valence-electron chi connectivity index (χ2n) is 4.34. The molecule has 0 fully saturated rings. The molecule has 0 atom stereocenters. The molecule has 0 amide bonds. The first-order valence-corrected chi connectivity index (χ1v) is 7.84. The van der Waals surface area contributed by atoms with Gasteiger partial charge in [0.05, 0.1) is 24.1 Å². The van der Waals surface area contributed by atoms with Crippen molar-refractivity contribution in [1.82, 2.24) is 14.7 Å². The highest BCUT2D eigenvalue weighted by atomic mass is 32.2. The fraction of sp³-hybridized carbons (Fsp3) is 0.308. The molecule has 1 heterocycles. The highest BCUT2D eigenvalue weighted by molar-refractivity contribution is 7.89. The third-order valence-electron chi connectivity index (χ3n) is 2.74. The molecular weight excluding hydrogens is 276 g/mol. The third kappa shape index (κ3) is 3.37. The van der Waals surface area contributed by atoms with Crippen LogP contribution in [0.15, 0.2) is 35.4 Å². The number of H-pyrrole nitrogens is 1. The summed E-state index contributed by atoms with van der Waals surface area (Å²) in [6.07, 6.45) is 1.73. The lowest BCUT2D eigenvalue weighted by Crippen LogP contribution is -2.24. The van der Waals surface area contributed by atoms with Crippen LogP contribution in [-0.2, 0) is 16.6 Å². The lowest BCUT2D eigenvalue weighted by Gasteiger charge is -2.12. The lowest BCUT2D eigenvalue weighted by molar-refractivity contribution is 0.584. The van der Waals surface area contributed by atoms with Crippen LogP contribution in [0.2, 0.25) is 0 Å². The molecule has 0 bridgehead atoms. The van der Waals surface area contributed by atoms with Crippen molar-refractivity contribution in [3.8, 4) is 0 Å². The Labute approximate surface area is 118 Å². The van der Waals surface area contributed by atoms with Crippen molar-refractivity contribution in [2.75, 3.05) is 11.9 Å². The second-order valence-corrected chi connectivity index (χ2v) is 6.08. The fourth-order valence-corrected chi connectivity index (χ4v) is 3.09. The van der Waals surface area contributed by atoms with E-state index in [1.165, 1.54) is 0 Å². The van der Waals surface area contributed by atoms with Gasteiger partial charge in [-0.2, -0.15) is 0 Å². The first kappa shape index (κ1) is 14.5. The van der Waals surface area contributed by atoms with Crippen molar-refractivity contribution in [3.63, 3.8) is 0 Å². The number of aryl methyl sites for hydroxylation is 1. The van der Waals surface area contributed by atoms with Gasteiger partial charge in [0.1, 0.15) is 10.7 Å². The Hall–Kier alpha value is -1.86. The molecule has 1 aromatic carbocycles. The molecule has 0 saturated carbocycles. The Balaban J connectivity index is 2.20. The van der Waals surface area contributed by atoms with Gasteiger partial charge in [-0.1, -0.05) is 19.1 Å². The highest BCUT2D eigenvalue weighted by Gasteiger charge is 2.16. The molecule has 0 spiro atoms. The minimum absolute atomic E-state index is 0.248.